The number of anilines is 1. The molecule has 21 heavy (non-hydrogen) atoms. The fraction of sp³-hybridized carbons (Fsp3) is 0.385. The number of benzene rings is 1. The minimum absolute atomic E-state index is 0.0465. The van der Waals surface area contributed by atoms with Crippen LogP contribution in [0.5, 0.6) is 0 Å². The van der Waals surface area contributed by atoms with E-state index in [0.29, 0.717) is 36.9 Å². The smallest absolute Gasteiger partial charge is 0.243 e. The number of aromatic nitrogens is 2. The molecular weight excluding hydrogens is 292 g/mol. The molecule has 1 saturated heterocycles. The highest BCUT2D eigenvalue weighted by molar-refractivity contribution is 7.89. The van der Waals surface area contributed by atoms with Crippen LogP contribution < -0.4 is 5.73 Å². The fourth-order valence-electron chi connectivity index (χ4n) is 2.42. The zero-order valence-corrected chi connectivity index (χ0v) is 12.4. The maximum atomic E-state index is 12.5. The van der Waals surface area contributed by atoms with Gasteiger partial charge in [0.2, 0.25) is 15.9 Å². The largest absolute Gasteiger partial charge is 0.399 e. The van der Waals surface area contributed by atoms with Crippen LogP contribution in [0, 0.1) is 6.92 Å². The minimum atomic E-state index is -3.50. The molecule has 1 aliphatic heterocycles. The molecule has 0 saturated carbocycles. The number of rotatable bonds is 3. The van der Waals surface area contributed by atoms with Crippen LogP contribution in [0.4, 0.5) is 5.69 Å². The van der Waals surface area contributed by atoms with E-state index in [1.54, 1.807) is 19.1 Å². The molecule has 1 fully saturated rings. The first-order valence-corrected chi connectivity index (χ1v) is 8.07. The van der Waals surface area contributed by atoms with Crippen LogP contribution in [-0.2, 0) is 10.0 Å². The molecule has 0 bridgehead atoms. The van der Waals surface area contributed by atoms with Crippen LogP contribution >= 0.6 is 0 Å². The van der Waals surface area contributed by atoms with Gasteiger partial charge in [-0.2, -0.15) is 9.29 Å². The third-order valence-electron chi connectivity index (χ3n) is 3.56. The molecule has 1 atom stereocenters. The topological polar surface area (TPSA) is 102 Å². The Balaban J connectivity index is 1.80. The van der Waals surface area contributed by atoms with E-state index < -0.39 is 10.0 Å². The van der Waals surface area contributed by atoms with Crippen molar-refractivity contribution < 1.29 is 12.9 Å². The van der Waals surface area contributed by atoms with Crippen LogP contribution in [0.1, 0.15) is 24.1 Å². The highest BCUT2D eigenvalue weighted by Gasteiger charge is 2.35. The summed E-state index contributed by atoms with van der Waals surface area (Å²) in [7, 11) is -3.50. The monoisotopic (exact) mass is 308 g/mol. The Kier molecular flexibility index (Phi) is 3.42. The Morgan fingerprint density at radius 2 is 2.05 bits per heavy atom. The van der Waals surface area contributed by atoms with Crippen LogP contribution in [0.2, 0.25) is 0 Å². The lowest BCUT2D eigenvalue weighted by Gasteiger charge is -2.16. The minimum Gasteiger partial charge on any atom is -0.399 e. The molecule has 0 spiro atoms. The quantitative estimate of drug-likeness (QED) is 0.853. The average Bonchev–Trinajstić information content (AvgIpc) is 3.08. The Morgan fingerprint density at radius 1 is 1.33 bits per heavy atom. The summed E-state index contributed by atoms with van der Waals surface area (Å²) in [6, 6.07) is 6.22. The molecule has 1 aromatic heterocycles. The van der Waals surface area contributed by atoms with Crippen molar-refractivity contribution >= 4 is 15.7 Å². The fourth-order valence-corrected chi connectivity index (χ4v) is 3.92. The summed E-state index contributed by atoms with van der Waals surface area (Å²) in [6.45, 7) is 2.54. The molecule has 3 rings (SSSR count). The van der Waals surface area contributed by atoms with Gasteiger partial charge in [-0.1, -0.05) is 5.16 Å². The molecule has 8 heteroatoms. The van der Waals surface area contributed by atoms with Crippen molar-refractivity contribution in [1.29, 1.82) is 0 Å². The zero-order chi connectivity index (χ0) is 15.0. The van der Waals surface area contributed by atoms with Gasteiger partial charge in [-0.3, -0.25) is 0 Å². The Bertz CT molecular complexity index is 739. The van der Waals surface area contributed by atoms with Gasteiger partial charge in [-0.15, -0.1) is 0 Å². The second-order valence-electron chi connectivity index (χ2n) is 5.10. The summed E-state index contributed by atoms with van der Waals surface area (Å²) in [5, 5.41) is 3.75. The van der Waals surface area contributed by atoms with Gasteiger partial charge in [0.05, 0.1) is 10.8 Å². The molecule has 0 amide bonds. The second-order valence-corrected chi connectivity index (χ2v) is 7.04. The van der Waals surface area contributed by atoms with Crippen molar-refractivity contribution in [3.63, 3.8) is 0 Å². The Labute approximate surface area is 122 Å². The van der Waals surface area contributed by atoms with E-state index in [1.807, 2.05) is 0 Å². The predicted molar refractivity (Wildman–Crippen MR) is 76.0 cm³/mol. The van der Waals surface area contributed by atoms with E-state index in [2.05, 4.69) is 10.1 Å². The summed E-state index contributed by atoms with van der Waals surface area (Å²) in [5.74, 6) is 1.02. The number of sulfonamides is 1. The van der Waals surface area contributed by atoms with Gasteiger partial charge in [0.15, 0.2) is 5.82 Å². The van der Waals surface area contributed by atoms with E-state index in [0.717, 1.165) is 0 Å². The molecule has 2 aromatic rings. The van der Waals surface area contributed by atoms with Crippen LogP contribution in [0.25, 0.3) is 0 Å². The number of nitrogens with zero attached hydrogens (tertiary/aromatic N) is 3. The first-order valence-electron chi connectivity index (χ1n) is 6.63. The molecule has 1 unspecified atom stereocenters. The van der Waals surface area contributed by atoms with E-state index in [1.165, 1.54) is 16.4 Å². The molecule has 2 heterocycles. The van der Waals surface area contributed by atoms with Gasteiger partial charge in [0.25, 0.3) is 0 Å². The lowest BCUT2D eigenvalue weighted by molar-refractivity contribution is 0.351. The van der Waals surface area contributed by atoms with Crippen LogP contribution in [0.3, 0.4) is 0 Å². The Hall–Kier alpha value is -1.93. The van der Waals surface area contributed by atoms with Crippen molar-refractivity contribution in [1.82, 2.24) is 14.4 Å². The summed E-state index contributed by atoms with van der Waals surface area (Å²) in [4.78, 5) is 4.43. The van der Waals surface area contributed by atoms with Gasteiger partial charge in [0.1, 0.15) is 0 Å². The third-order valence-corrected chi connectivity index (χ3v) is 5.44. The Morgan fingerprint density at radius 3 is 2.67 bits per heavy atom. The SMILES string of the molecule is Cc1noc(C2CCN(S(=O)(=O)c3ccc(N)cc3)C2)n1. The molecule has 7 nitrogen and oxygen atoms in total. The van der Waals surface area contributed by atoms with Gasteiger partial charge in [-0.25, -0.2) is 8.42 Å². The summed E-state index contributed by atoms with van der Waals surface area (Å²) in [5.41, 5.74) is 6.12. The highest BCUT2D eigenvalue weighted by Crippen LogP contribution is 2.30. The number of nitrogen functional groups attached to an aromatic ring is 1. The maximum absolute atomic E-state index is 12.5. The van der Waals surface area contributed by atoms with E-state index in [4.69, 9.17) is 10.3 Å². The van der Waals surface area contributed by atoms with Crippen LogP contribution in [-0.4, -0.2) is 36.0 Å². The number of aryl methyl sites for hydroxylation is 1. The third kappa shape index (κ3) is 2.64. The van der Waals surface area contributed by atoms with E-state index in [9.17, 15) is 8.42 Å². The first-order chi connectivity index (χ1) is 9.96. The van der Waals surface area contributed by atoms with Crippen molar-refractivity contribution in [2.75, 3.05) is 18.8 Å². The van der Waals surface area contributed by atoms with Gasteiger partial charge < -0.3 is 10.3 Å². The summed E-state index contributed by atoms with van der Waals surface area (Å²) in [6.07, 6.45) is 0.676. The highest BCUT2D eigenvalue weighted by atomic mass is 32.2. The van der Waals surface area contributed by atoms with Gasteiger partial charge in [0, 0.05) is 18.8 Å². The summed E-state index contributed by atoms with van der Waals surface area (Å²) >= 11 is 0. The predicted octanol–water partition coefficient (Wildman–Crippen LogP) is 1.14. The van der Waals surface area contributed by atoms with Crippen molar-refractivity contribution in [2.24, 2.45) is 0 Å². The standard InChI is InChI=1S/C13H16N4O3S/c1-9-15-13(20-16-9)10-6-7-17(8-10)21(18,19)12-4-2-11(14)3-5-12/h2-5,10H,6-8,14H2,1H3. The molecule has 1 aromatic carbocycles. The molecule has 1 aliphatic rings. The molecule has 0 aliphatic carbocycles. The van der Waals surface area contributed by atoms with E-state index >= 15 is 0 Å². The average molecular weight is 308 g/mol. The van der Waals surface area contributed by atoms with Gasteiger partial charge >= 0.3 is 0 Å². The number of hydrogen-bond donors (Lipinski definition) is 1. The molecule has 0 radical (unpaired) electrons. The summed E-state index contributed by atoms with van der Waals surface area (Å²) < 4.78 is 31.7. The maximum Gasteiger partial charge on any atom is 0.243 e. The lowest BCUT2D eigenvalue weighted by atomic mass is 10.1. The van der Waals surface area contributed by atoms with Crippen molar-refractivity contribution in [3.05, 3.63) is 36.0 Å². The zero-order valence-electron chi connectivity index (χ0n) is 11.6. The van der Waals surface area contributed by atoms with Crippen molar-refractivity contribution in [3.8, 4) is 0 Å². The van der Waals surface area contributed by atoms with Gasteiger partial charge in [-0.05, 0) is 37.6 Å². The molecule has 112 valence electrons. The second kappa shape index (κ2) is 5.12. The van der Waals surface area contributed by atoms with Crippen LogP contribution in [0.15, 0.2) is 33.7 Å². The van der Waals surface area contributed by atoms with E-state index in [-0.39, 0.29) is 10.8 Å². The molecular formula is C13H16N4O3S. The lowest BCUT2D eigenvalue weighted by Crippen LogP contribution is -2.28. The molecule has 2 N–H and O–H groups in total. The van der Waals surface area contributed by atoms with Crippen molar-refractivity contribution in [2.45, 2.75) is 24.2 Å². The number of nitrogens with two attached hydrogens (primary N) is 1. The number of hydrogen-bond acceptors (Lipinski definition) is 6. The first kappa shape index (κ1) is 14.0. The normalized spacial score (nSPS) is 20.0.